The fraction of sp³-hybridized carbons (Fsp3) is 0.717. The number of ether oxygens (including phenoxy) is 3. The van der Waals surface area contributed by atoms with E-state index in [1.165, 1.54) is 83.5 Å². The predicted octanol–water partition coefficient (Wildman–Crippen LogP) is 10.1. The average Bonchev–Trinajstić information content (AvgIpc) is 3.12. The van der Waals surface area contributed by atoms with Crippen molar-refractivity contribution in [2.24, 2.45) is 0 Å². The number of nitrogens with zero attached hydrogens (tertiary/aromatic N) is 1. The van der Waals surface area contributed by atoms with E-state index in [1.807, 2.05) is 6.08 Å². The van der Waals surface area contributed by atoms with Crippen LogP contribution in [0.15, 0.2) is 60.8 Å². The summed E-state index contributed by atoms with van der Waals surface area (Å²) < 4.78 is 17.0. The van der Waals surface area contributed by atoms with E-state index in [-0.39, 0.29) is 55.5 Å². The molecule has 0 radical (unpaired) electrons. The Kier molecular flexibility index (Phi) is 34.9. The van der Waals surface area contributed by atoms with Gasteiger partial charge in [0.05, 0.1) is 40.3 Å². The molecule has 0 spiro atoms. The zero-order valence-electron chi connectivity index (χ0n) is 35.1. The number of carboxylic acids is 1. The molecule has 0 fully saturated rings. The highest BCUT2D eigenvalue weighted by molar-refractivity contribution is 5.70. The molecule has 0 saturated carbocycles. The lowest BCUT2D eigenvalue weighted by Gasteiger charge is -2.34. The molecule has 8 nitrogen and oxygen atoms in total. The Morgan fingerprint density at radius 1 is 0.556 bits per heavy atom. The third-order valence-corrected chi connectivity index (χ3v) is 9.14. The van der Waals surface area contributed by atoms with Crippen LogP contribution in [0.25, 0.3) is 0 Å². The van der Waals surface area contributed by atoms with E-state index in [2.05, 4.69) is 68.5 Å². The fourth-order valence-electron chi connectivity index (χ4n) is 5.79. The fourth-order valence-corrected chi connectivity index (χ4v) is 5.79. The molecule has 0 aromatic carbocycles. The van der Waals surface area contributed by atoms with Crippen LogP contribution in [0.5, 0.6) is 0 Å². The van der Waals surface area contributed by atoms with Gasteiger partial charge >= 0.3 is 11.9 Å². The molecule has 310 valence electrons. The molecule has 0 rings (SSSR count). The van der Waals surface area contributed by atoms with Crippen LogP contribution in [0.3, 0.4) is 0 Å². The molecule has 54 heavy (non-hydrogen) atoms. The van der Waals surface area contributed by atoms with Crippen molar-refractivity contribution in [2.45, 2.75) is 174 Å². The molecule has 0 aromatic heterocycles. The van der Waals surface area contributed by atoms with Gasteiger partial charge in [-0.2, -0.15) is 0 Å². The maximum absolute atomic E-state index is 12.7. The highest BCUT2D eigenvalue weighted by Gasteiger charge is 2.25. The maximum Gasteiger partial charge on any atom is 0.306 e. The SMILES string of the molecule is CCCCCCCC/C=C/C/C=C/C/C=C/CCCC(=O)OC(COCCC(C(=O)[O-])[N+](C)(C)C)COC(=O)CC/C=C/C/C=C/CCCCCCCC. The van der Waals surface area contributed by atoms with Crippen LogP contribution in [0.1, 0.15) is 162 Å². The molecule has 0 amide bonds. The quantitative estimate of drug-likeness (QED) is 0.0269. The molecule has 2 atom stereocenters. The first-order chi connectivity index (χ1) is 26.1. The summed E-state index contributed by atoms with van der Waals surface area (Å²) in [6.07, 6.45) is 44.1. The summed E-state index contributed by atoms with van der Waals surface area (Å²) in [6, 6.07) is -0.743. The number of unbranched alkanes of at least 4 members (excludes halogenated alkanes) is 13. The van der Waals surface area contributed by atoms with Crippen molar-refractivity contribution in [3.63, 3.8) is 0 Å². The summed E-state index contributed by atoms with van der Waals surface area (Å²) in [5.41, 5.74) is 0. The molecule has 0 aliphatic heterocycles. The highest BCUT2D eigenvalue weighted by atomic mass is 16.6. The Bertz CT molecular complexity index is 1070. The van der Waals surface area contributed by atoms with Crippen LogP contribution < -0.4 is 5.11 Å². The number of aliphatic carboxylic acids is 1. The molecule has 0 heterocycles. The lowest BCUT2D eigenvalue weighted by molar-refractivity contribution is -0.889. The average molecular weight is 758 g/mol. The summed E-state index contributed by atoms with van der Waals surface area (Å²) in [5, 5.41) is 11.6. The molecule has 0 bridgehead atoms. The second kappa shape index (κ2) is 37.0. The number of quaternary nitrogens is 1. The molecule has 0 aliphatic rings. The van der Waals surface area contributed by atoms with Crippen molar-refractivity contribution in [3.8, 4) is 0 Å². The zero-order chi connectivity index (χ0) is 40.0. The molecule has 0 aromatic rings. The minimum Gasteiger partial charge on any atom is -0.544 e. The van der Waals surface area contributed by atoms with Crippen LogP contribution in [-0.4, -0.2) is 75.5 Å². The second-order valence-corrected chi connectivity index (χ2v) is 15.2. The van der Waals surface area contributed by atoms with Crippen LogP contribution in [0, 0.1) is 0 Å². The van der Waals surface area contributed by atoms with Gasteiger partial charge in [-0.15, -0.1) is 0 Å². The van der Waals surface area contributed by atoms with Crippen molar-refractivity contribution in [1.29, 1.82) is 0 Å². The summed E-state index contributed by atoms with van der Waals surface area (Å²) in [6.45, 7) is 4.51. The van der Waals surface area contributed by atoms with E-state index < -0.39 is 18.1 Å². The number of carbonyl (C=O) groups excluding carboxylic acids is 3. The lowest BCUT2D eigenvalue weighted by Crippen LogP contribution is -2.55. The number of esters is 2. The highest BCUT2D eigenvalue weighted by Crippen LogP contribution is 2.11. The number of hydrogen-bond donors (Lipinski definition) is 0. The van der Waals surface area contributed by atoms with E-state index in [9.17, 15) is 19.5 Å². The van der Waals surface area contributed by atoms with Crippen molar-refractivity contribution in [3.05, 3.63) is 60.8 Å². The van der Waals surface area contributed by atoms with E-state index >= 15 is 0 Å². The summed E-state index contributed by atoms with van der Waals surface area (Å²) in [7, 11) is 5.36. The normalized spacial score (nSPS) is 13.6. The van der Waals surface area contributed by atoms with Gasteiger partial charge in [0.15, 0.2) is 6.10 Å². The maximum atomic E-state index is 12.7. The summed E-state index contributed by atoms with van der Waals surface area (Å²) >= 11 is 0. The predicted molar refractivity (Wildman–Crippen MR) is 222 cm³/mol. The molecular formula is C46H79NO7. The first-order valence-electron chi connectivity index (χ1n) is 21.3. The lowest BCUT2D eigenvalue weighted by atomic mass is 10.1. The first-order valence-corrected chi connectivity index (χ1v) is 21.3. The van der Waals surface area contributed by atoms with Crippen LogP contribution in [0.2, 0.25) is 0 Å². The van der Waals surface area contributed by atoms with Gasteiger partial charge in [0, 0.05) is 19.3 Å². The first kappa shape index (κ1) is 51.0. The number of rotatable bonds is 37. The van der Waals surface area contributed by atoms with E-state index in [4.69, 9.17) is 14.2 Å². The molecule has 8 heteroatoms. The number of carbonyl (C=O) groups is 3. The van der Waals surface area contributed by atoms with Gasteiger partial charge in [0.1, 0.15) is 12.6 Å². The molecule has 0 N–H and O–H groups in total. The van der Waals surface area contributed by atoms with E-state index in [0.29, 0.717) is 12.8 Å². The molecule has 2 unspecified atom stereocenters. The smallest absolute Gasteiger partial charge is 0.306 e. The number of hydrogen-bond acceptors (Lipinski definition) is 7. The Morgan fingerprint density at radius 2 is 1.02 bits per heavy atom. The summed E-state index contributed by atoms with van der Waals surface area (Å²) in [5.74, 6) is -1.89. The standard InChI is InChI=1S/C46H79NO7/c1-6-8-10-12-14-16-18-20-21-22-23-25-27-29-31-33-35-37-45(49)54-42(40-52-39-38-43(46(50)51)47(3,4)5)41-53-44(48)36-34-32-30-28-26-24-19-17-15-13-11-9-7-2/h20-21,23-26,29-32,42-43H,6-19,22,27-28,33-41H2,1-5H3/b21-20+,25-23+,26-24+,31-29+,32-30+. The van der Waals surface area contributed by atoms with Gasteiger partial charge in [0.25, 0.3) is 0 Å². The van der Waals surface area contributed by atoms with Gasteiger partial charge < -0.3 is 28.6 Å². The van der Waals surface area contributed by atoms with Crippen molar-refractivity contribution >= 4 is 17.9 Å². The minimum absolute atomic E-state index is 0.00137. The van der Waals surface area contributed by atoms with Crippen molar-refractivity contribution in [1.82, 2.24) is 0 Å². The van der Waals surface area contributed by atoms with Crippen LogP contribution in [-0.2, 0) is 28.6 Å². The van der Waals surface area contributed by atoms with Crippen molar-refractivity contribution in [2.75, 3.05) is 41.0 Å². The zero-order valence-corrected chi connectivity index (χ0v) is 35.1. The topological polar surface area (TPSA) is 102 Å². The Balaban J connectivity index is 4.54. The molecule has 0 aliphatic carbocycles. The van der Waals surface area contributed by atoms with Crippen LogP contribution >= 0.6 is 0 Å². The number of allylic oxidation sites excluding steroid dienone is 10. The largest absolute Gasteiger partial charge is 0.544 e. The van der Waals surface area contributed by atoms with Gasteiger partial charge in [-0.05, 0) is 64.2 Å². The van der Waals surface area contributed by atoms with Gasteiger partial charge in [-0.3, -0.25) is 9.59 Å². The number of carboxylic acid groups (broad SMARTS) is 1. The molecule has 0 saturated heterocycles. The number of likely N-dealkylation sites (N-methyl/N-ethyl adjacent to an activating group) is 1. The van der Waals surface area contributed by atoms with Crippen molar-refractivity contribution < 1.29 is 38.2 Å². The minimum atomic E-state index is -1.14. The third-order valence-electron chi connectivity index (χ3n) is 9.14. The van der Waals surface area contributed by atoms with Gasteiger partial charge in [-0.25, -0.2) is 0 Å². The Hall–Kier alpha value is -2.97. The monoisotopic (exact) mass is 758 g/mol. The third kappa shape index (κ3) is 34.8. The van der Waals surface area contributed by atoms with Gasteiger partial charge in [0.2, 0.25) is 0 Å². The molecular weight excluding hydrogens is 679 g/mol. The summed E-state index contributed by atoms with van der Waals surface area (Å²) in [4.78, 5) is 36.7. The van der Waals surface area contributed by atoms with E-state index in [1.54, 1.807) is 21.1 Å². The Morgan fingerprint density at radius 3 is 1.52 bits per heavy atom. The van der Waals surface area contributed by atoms with Gasteiger partial charge in [-0.1, -0.05) is 139 Å². The second-order valence-electron chi connectivity index (χ2n) is 15.2. The van der Waals surface area contributed by atoms with E-state index in [0.717, 1.165) is 32.1 Å². The Labute approximate surface area is 330 Å². The van der Waals surface area contributed by atoms with Crippen LogP contribution in [0.4, 0.5) is 0 Å².